The first-order chi connectivity index (χ1) is 8.88. The summed E-state index contributed by atoms with van der Waals surface area (Å²) < 4.78 is 24.4. The lowest BCUT2D eigenvalue weighted by atomic mass is 10.1. The van der Waals surface area contributed by atoms with Crippen LogP contribution < -0.4 is 5.32 Å². The van der Waals surface area contributed by atoms with E-state index in [0.717, 1.165) is 12.1 Å². The molecule has 0 amide bonds. The zero-order chi connectivity index (χ0) is 14.0. The van der Waals surface area contributed by atoms with E-state index in [1.807, 2.05) is 0 Å². The van der Waals surface area contributed by atoms with Gasteiger partial charge >= 0.3 is 0 Å². The van der Waals surface area contributed by atoms with E-state index < -0.39 is 15.1 Å². The van der Waals surface area contributed by atoms with Crippen molar-refractivity contribution in [3.8, 4) is 5.75 Å². The van der Waals surface area contributed by atoms with Crippen LogP contribution in [0.1, 0.15) is 31.1 Å². The van der Waals surface area contributed by atoms with Crippen molar-refractivity contribution in [3.63, 3.8) is 0 Å². The van der Waals surface area contributed by atoms with Gasteiger partial charge in [-0.1, -0.05) is 26.0 Å². The molecule has 19 heavy (non-hydrogen) atoms. The van der Waals surface area contributed by atoms with Gasteiger partial charge in [-0.25, -0.2) is 8.42 Å². The third-order valence-corrected chi connectivity index (χ3v) is 5.64. The second kappa shape index (κ2) is 5.51. The summed E-state index contributed by atoms with van der Waals surface area (Å²) >= 11 is 0. The Kier molecular flexibility index (Phi) is 4.16. The van der Waals surface area contributed by atoms with Crippen LogP contribution in [0.2, 0.25) is 0 Å². The minimum Gasteiger partial charge on any atom is -0.508 e. The number of phenols is 1. The highest BCUT2D eigenvalue weighted by Gasteiger charge is 2.38. The van der Waals surface area contributed by atoms with Gasteiger partial charge in [0.25, 0.3) is 0 Å². The summed E-state index contributed by atoms with van der Waals surface area (Å²) in [6.07, 6.45) is 0.611. The Balaban J connectivity index is 2.11. The smallest absolute Gasteiger partial charge is 0.158 e. The van der Waals surface area contributed by atoms with E-state index in [2.05, 4.69) is 19.2 Å². The average molecular weight is 283 g/mol. The van der Waals surface area contributed by atoms with Gasteiger partial charge in [-0.2, -0.15) is 0 Å². The highest BCUT2D eigenvalue weighted by molar-refractivity contribution is 7.92. The van der Waals surface area contributed by atoms with Crippen molar-refractivity contribution >= 4 is 9.84 Å². The molecule has 1 aromatic carbocycles. The number of nitrogens with one attached hydrogen (secondary N) is 1. The van der Waals surface area contributed by atoms with Crippen molar-refractivity contribution in [3.05, 3.63) is 29.8 Å². The predicted octanol–water partition coefficient (Wildman–Crippen LogP) is 1.87. The molecule has 4 nitrogen and oxygen atoms in total. The molecule has 5 heteroatoms. The van der Waals surface area contributed by atoms with Crippen molar-refractivity contribution in [2.45, 2.75) is 31.6 Å². The first-order valence-electron chi connectivity index (χ1n) is 6.62. The minimum atomic E-state index is -3.09. The lowest BCUT2D eigenvalue weighted by molar-refractivity contribution is 0.473. The highest BCUT2D eigenvalue weighted by Crippen LogP contribution is 2.35. The Morgan fingerprint density at radius 3 is 2.53 bits per heavy atom. The molecule has 2 atom stereocenters. The highest BCUT2D eigenvalue weighted by atomic mass is 32.2. The quantitative estimate of drug-likeness (QED) is 0.885. The van der Waals surface area contributed by atoms with Gasteiger partial charge < -0.3 is 10.4 Å². The van der Waals surface area contributed by atoms with Gasteiger partial charge in [0.15, 0.2) is 9.84 Å². The first kappa shape index (κ1) is 14.3. The summed E-state index contributed by atoms with van der Waals surface area (Å²) in [7, 11) is -3.09. The Bertz CT molecular complexity index is 522. The van der Waals surface area contributed by atoms with Gasteiger partial charge in [0, 0.05) is 6.04 Å². The predicted molar refractivity (Wildman–Crippen MR) is 75.9 cm³/mol. The van der Waals surface area contributed by atoms with Crippen molar-refractivity contribution in [1.29, 1.82) is 0 Å². The molecule has 0 saturated carbocycles. The molecule has 1 unspecified atom stereocenters. The fourth-order valence-electron chi connectivity index (χ4n) is 2.45. The Hall–Kier alpha value is -1.07. The summed E-state index contributed by atoms with van der Waals surface area (Å²) in [5, 5.41) is 12.1. The van der Waals surface area contributed by atoms with Gasteiger partial charge in [0.05, 0.1) is 11.0 Å². The van der Waals surface area contributed by atoms with Gasteiger partial charge in [0.1, 0.15) is 5.75 Å². The maximum absolute atomic E-state index is 12.2. The van der Waals surface area contributed by atoms with E-state index in [1.54, 1.807) is 24.3 Å². The SMILES string of the molecule is CC(C)CNC1C[C@H](c2ccc(O)cc2)S(=O)(=O)C1. The lowest BCUT2D eigenvalue weighted by Crippen LogP contribution is -2.32. The number of rotatable bonds is 4. The van der Waals surface area contributed by atoms with Crippen LogP contribution in [0.3, 0.4) is 0 Å². The molecule has 1 aliphatic rings. The van der Waals surface area contributed by atoms with Crippen molar-refractivity contribution < 1.29 is 13.5 Å². The fraction of sp³-hybridized carbons (Fsp3) is 0.571. The average Bonchev–Trinajstić information content (AvgIpc) is 2.63. The van der Waals surface area contributed by atoms with Crippen LogP contribution in [-0.4, -0.2) is 31.9 Å². The molecule has 1 saturated heterocycles. The Morgan fingerprint density at radius 1 is 1.32 bits per heavy atom. The van der Waals surface area contributed by atoms with Gasteiger partial charge in [-0.3, -0.25) is 0 Å². The van der Waals surface area contributed by atoms with Crippen molar-refractivity contribution in [1.82, 2.24) is 5.32 Å². The van der Waals surface area contributed by atoms with Crippen LogP contribution in [-0.2, 0) is 9.84 Å². The Morgan fingerprint density at radius 2 is 1.95 bits per heavy atom. The van der Waals surface area contributed by atoms with Crippen LogP contribution in [0.15, 0.2) is 24.3 Å². The third-order valence-electron chi connectivity index (χ3n) is 3.45. The monoisotopic (exact) mass is 283 g/mol. The van der Waals surface area contributed by atoms with Gasteiger partial charge in [-0.05, 0) is 36.6 Å². The third kappa shape index (κ3) is 3.48. The minimum absolute atomic E-state index is 0.0335. The molecule has 1 heterocycles. The second-order valence-corrected chi connectivity index (χ2v) is 7.87. The van der Waals surface area contributed by atoms with E-state index in [4.69, 9.17) is 0 Å². The van der Waals surface area contributed by atoms with Crippen LogP contribution in [0.25, 0.3) is 0 Å². The normalized spacial score (nSPS) is 25.8. The number of phenolic OH excluding ortho intramolecular Hbond substituents is 1. The van der Waals surface area contributed by atoms with Crippen molar-refractivity contribution in [2.24, 2.45) is 5.92 Å². The molecule has 0 aromatic heterocycles. The largest absolute Gasteiger partial charge is 0.508 e. The number of benzene rings is 1. The van der Waals surface area contributed by atoms with Crippen LogP contribution in [0, 0.1) is 5.92 Å². The van der Waals surface area contributed by atoms with Gasteiger partial charge in [0.2, 0.25) is 0 Å². The van der Waals surface area contributed by atoms with E-state index in [0.29, 0.717) is 12.3 Å². The summed E-state index contributed by atoms with van der Waals surface area (Å²) in [5.74, 6) is 0.870. The molecule has 0 aliphatic carbocycles. The summed E-state index contributed by atoms with van der Waals surface area (Å²) in [6.45, 7) is 5.05. The zero-order valence-electron chi connectivity index (χ0n) is 11.3. The van der Waals surface area contributed by atoms with E-state index in [-0.39, 0.29) is 17.5 Å². The first-order valence-corrected chi connectivity index (χ1v) is 8.34. The molecule has 0 spiro atoms. The van der Waals surface area contributed by atoms with E-state index in [9.17, 15) is 13.5 Å². The second-order valence-electron chi connectivity index (χ2n) is 5.64. The maximum Gasteiger partial charge on any atom is 0.158 e. The standard InChI is InChI=1S/C14H21NO3S/c1-10(2)8-15-12-7-14(19(17,18)9-12)11-3-5-13(16)6-4-11/h3-6,10,12,14-16H,7-9H2,1-2H3/t12?,14-/m1/s1. The molecular formula is C14H21NO3S. The summed E-state index contributed by atoms with van der Waals surface area (Å²) in [6, 6.07) is 6.51. The van der Waals surface area contributed by atoms with Crippen molar-refractivity contribution in [2.75, 3.05) is 12.3 Å². The number of aromatic hydroxyl groups is 1. The summed E-state index contributed by atoms with van der Waals surface area (Å²) in [5.41, 5.74) is 0.770. The topological polar surface area (TPSA) is 66.4 Å². The molecule has 106 valence electrons. The maximum atomic E-state index is 12.2. The van der Waals surface area contributed by atoms with E-state index >= 15 is 0 Å². The number of hydrogen-bond donors (Lipinski definition) is 2. The van der Waals surface area contributed by atoms with Crippen LogP contribution in [0.5, 0.6) is 5.75 Å². The van der Waals surface area contributed by atoms with Crippen LogP contribution in [0.4, 0.5) is 0 Å². The molecular weight excluding hydrogens is 262 g/mol. The Labute approximate surface area is 114 Å². The molecule has 0 bridgehead atoms. The molecule has 1 aromatic rings. The number of hydrogen-bond acceptors (Lipinski definition) is 4. The fourth-order valence-corrected chi connectivity index (χ4v) is 4.59. The molecule has 2 N–H and O–H groups in total. The summed E-state index contributed by atoms with van der Waals surface area (Å²) in [4.78, 5) is 0. The molecule has 1 fully saturated rings. The van der Waals surface area contributed by atoms with E-state index in [1.165, 1.54) is 0 Å². The van der Waals surface area contributed by atoms with Gasteiger partial charge in [-0.15, -0.1) is 0 Å². The lowest BCUT2D eigenvalue weighted by Gasteiger charge is -2.13. The molecule has 0 radical (unpaired) electrons. The zero-order valence-corrected chi connectivity index (χ0v) is 12.2. The van der Waals surface area contributed by atoms with Crippen LogP contribution >= 0.6 is 0 Å². The molecule has 2 rings (SSSR count). The molecule has 1 aliphatic heterocycles. The number of sulfone groups is 1.